The number of carbonyl (C=O) groups is 1. The smallest absolute Gasteiger partial charge is 0.314 e. The van der Waals surface area contributed by atoms with Gasteiger partial charge in [-0.2, -0.15) is 0 Å². The molecule has 0 unspecified atom stereocenters. The molecule has 0 atom stereocenters. The molecule has 1 fully saturated rings. The minimum atomic E-state index is -0.715. The van der Waals surface area contributed by atoms with Crippen LogP contribution in [0.25, 0.3) is 0 Å². The normalized spacial score (nSPS) is 19.0. The first-order valence-corrected chi connectivity index (χ1v) is 4.87. The Bertz CT molecular complexity index is 372. The van der Waals surface area contributed by atoms with Gasteiger partial charge in [-0.15, -0.1) is 0 Å². The van der Waals surface area contributed by atoms with Gasteiger partial charge in [0.25, 0.3) is 0 Å². The zero-order valence-electron chi connectivity index (χ0n) is 8.46. The fourth-order valence-corrected chi connectivity index (χ4v) is 2.23. The monoisotopic (exact) mass is 194 g/mol. The van der Waals surface area contributed by atoms with Crippen LogP contribution < -0.4 is 0 Å². The predicted molar refractivity (Wildman–Crippen MR) is 51.3 cm³/mol. The second-order valence-corrected chi connectivity index (χ2v) is 4.07. The largest absolute Gasteiger partial charge is 0.481 e. The van der Waals surface area contributed by atoms with Gasteiger partial charge in [0.15, 0.2) is 0 Å². The second-order valence-electron chi connectivity index (χ2n) is 4.07. The molecule has 1 N–H and O–H groups in total. The lowest BCUT2D eigenvalue weighted by Gasteiger charge is -2.37. The third kappa shape index (κ3) is 1.08. The Balaban J connectivity index is 2.46. The average molecular weight is 194 g/mol. The topological polar surface area (TPSA) is 50.4 Å². The highest BCUT2D eigenvalue weighted by atomic mass is 16.4. The molecule has 1 aliphatic carbocycles. The van der Waals surface area contributed by atoms with Crippen LogP contribution in [0.3, 0.4) is 0 Å². The highest BCUT2D eigenvalue weighted by molar-refractivity contribution is 5.83. The van der Waals surface area contributed by atoms with Crippen LogP contribution in [0.5, 0.6) is 0 Å². The first-order chi connectivity index (χ1) is 6.56. The van der Waals surface area contributed by atoms with Crippen LogP contribution in [0.15, 0.2) is 10.5 Å². The summed E-state index contributed by atoms with van der Waals surface area (Å²) in [6.07, 6.45) is 2.47. The molecule has 1 aromatic heterocycles. The van der Waals surface area contributed by atoms with E-state index >= 15 is 0 Å². The standard InChI is InChI=1S/C11H14O3/c1-7-6-9(8(2)14-7)11(10(12)13)4-3-5-11/h6H,3-5H2,1-2H3,(H,12,13). The molecule has 1 aliphatic rings. The van der Waals surface area contributed by atoms with E-state index in [2.05, 4.69) is 0 Å². The van der Waals surface area contributed by atoms with Gasteiger partial charge in [-0.25, -0.2) is 0 Å². The van der Waals surface area contributed by atoms with Gasteiger partial charge in [0.1, 0.15) is 11.5 Å². The number of furan rings is 1. The Labute approximate surface area is 82.7 Å². The van der Waals surface area contributed by atoms with Gasteiger partial charge in [0.2, 0.25) is 0 Å². The SMILES string of the molecule is Cc1cc(C2(C(=O)O)CCC2)c(C)o1. The molecule has 76 valence electrons. The van der Waals surface area contributed by atoms with E-state index in [1.807, 2.05) is 19.9 Å². The lowest BCUT2D eigenvalue weighted by atomic mass is 9.64. The number of hydrogen-bond donors (Lipinski definition) is 1. The van der Waals surface area contributed by atoms with Crippen molar-refractivity contribution in [3.63, 3.8) is 0 Å². The van der Waals surface area contributed by atoms with Crippen LogP contribution in [0.1, 0.15) is 36.3 Å². The van der Waals surface area contributed by atoms with Gasteiger partial charge < -0.3 is 9.52 Å². The first kappa shape index (κ1) is 9.31. The second kappa shape index (κ2) is 2.87. The van der Waals surface area contributed by atoms with E-state index in [1.54, 1.807) is 0 Å². The Morgan fingerprint density at radius 1 is 1.50 bits per heavy atom. The number of aryl methyl sites for hydroxylation is 2. The van der Waals surface area contributed by atoms with Crippen molar-refractivity contribution in [3.05, 3.63) is 23.2 Å². The van der Waals surface area contributed by atoms with Crippen molar-refractivity contribution in [3.8, 4) is 0 Å². The molecule has 0 radical (unpaired) electrons. The van der Waals surface area contributed by atoms with Crippen LogP contribution in [0.4, 0.5) is 0 Å². The van der Waals surface area contributed by atoms with E-state index in [4.69, 9.17) is 4.42 Å². The summed E-state index contributed by atoms with van der Waals surface area (Å²) >= 11 is 0. The molecule has 0 amide bonds. The summed E-state index contributed by atoms with van der Waals surface area (Å²) < 4.78 is 5.38. The zero-order valence-corrected chi connectivity index (χ0v) is 8.46. The lowest BCUT2D eigenvalue weighted by Crippen LogP contribution is -2.42. The fraction of sp³-hybridized carbons (Fsp3) is 0.545. The average Bonchev–Trinajstić information content (AvgIpc) is 2.27. The van der Waals surface area contributed by atoms with Crippen molar-refractivity contribution in [2.45, 2.75) is 38.5 Å². The van der Waals surface area contributed by atoms with Crippen molar-refractivity contribution in [2.75, 3.05) is 0 Å². The summed E-state index contributed by atoms with van der Waals surface area (Å²) in [7, 11) is 0. The molecule has 2 rings (SSSR count). The number of rotatable bonds is 2. The van der Waals surface area contributed by atoms with E-state index in [0.717, 1.165) is 36.3 Å². The van der Waals surface area contributed by atoms with Crippen LogP contribution >= 0.6 is 0 Å². The van der Waals surface area contributed by atoms with Gasteiger partial charge in [-0.05, 0) is 32.8 Å². The summed E-state index contributed by atoms with van der Waals surface area (Å²) in [5.74, 6) is 0.835. The molecule has 0 aliphatic heterocycles. The Morgan fingerprint density at radius 3 is 2.43 bits per heavy atom. The third-order valence-corrected chi connectivity index (χ3v) is 3.17. The quantitative estimate of drug-likeness (QED) is 0.786. The summed E-state index contributed by atoms with van der Waals surface area (Å²) in [6, 6.07) is 1.86. The maximum absolute atomic E-state index is 11.2. The van der Waals surface area contributed by atoms with E-state index in [-0.39, 0.29) is 0 Å². The molecule has 0 bridgehead atoms. The molecule has 1 heterocycles. The van der Waals surface area contributed by atoms with Gasteiger partial charge in [-0.1, -0.05) is 6.42 Å². The Kier molecular flexibility index (Phi) is 1.91. The summed E-state index contributed by atoms with van der Waals surface area (Å²) in [6.45, 7) is 3.69. The molecule has 3 nitrogen and oxygen atoms in total. The summed E-state index contributed by atoms with van der Waals surface area (Å²) in [4.78, 5) is 11.2. The van der Waals surface area contributed by atoms with E-state index in [9.17, 15) is 9.90 Å². The minimum absolute atomic E-state index is 0.651. The Morgan fingerprint density at radius 2 is 2.14 bits per heavy atom. The molecule has 1 aromatic rings. The van der Waals surface area contributed by atoms with Crippen LogP contribution in [-0.2, 0) is 10.2 Å². The van der Waals surface area contributed by atoms with E-state index in [1.165, 1.54) is 0 Å². The molecule has 0 saturated heterocycles. The Hall–Kier alpha value is -1.25. The summed E-state index contributed by atoms with van der Waals surface area (Å²) in [5.41, 5.74) is 0.218. The first-order valence-electron chi connectivity index (χ1n) is 4.87. The molecular weight excluding hydrogens is 180 g/mol. The fourth-order valence-electron chi connectivity index (χ4n) is 2.23. The number of carboxylic acid groups (broad SMARTS) is 1. The molecule has 14 heavy (non-hydrogen) atoms. The minimum Gasteiger partial charge on any atom is -0.481 e. The summed E-state index contributed by atoms with van der Waals surface area (Å²) in [5, 5.41) is 9.23. The van der Waals surface area contributed by atoms with Crippen molar-refractivity contribution >= 4 is 5.97 Å². The highest BCUT2D eigenvalue weighted by Crippen LogP contribution is 2.45. The highest BCUT2D eigenvalue weighted by Gasteiger charge is 2.47. The number of carboxylic acids is 1. The van der Waals surface area contributed by atoms with E-state index < -0.39 is 11.4 Å². The van der Waals surface area contributed by atoms with Gasteiger partial charge in [0, 0.05) is 5.56 Å². The van der Waals surface area contributed by atoms with Gasteiger partial charge in [-0.3, -0.25) is 4.79 Å². The lowest BCUT2D eigenvalue weighted by molar-refractivity contribution is -0.147. The number of hydrogen-bond acceptors (Lipinski definition) is 2. The van der Waals surface area contributed by atoms with Gasteiger partial charge >= 0.3 is 5.97 Å². The van der Waals surface area contributed by atoms with Crippen molar-refractivity contribution in [1.29, 1.82) is 0 Å². The van der Waals surface area contributed by atoms with Crippen LogP contribution in [0.2, 0.25) is 0 Å². The van der Waals surface area contributed by atoms with Crippen molar-refractivity contribution < 1.29 is 14.3 Å². The van der Waals surface area contributed by atoms with Crippen molar-refractivity contribution in [2.24, 2.45) is 0 Å². The molecule has 0 aromatic carbocycles. The van der Waals surface area contributed by atoms with Crippen LogP contribution in [-0.4, -0.2) is 11.1 Å². The molecular formula is C11H14O3. The van der Waals surface area contributed by atoms with Gasteiger partial charge in [0.05, 0.1) is 5.41 Å². The maximum Gasteiger partial charge on any atom is 0.314 e. The molecule has 0 spiro atoms. The van der Waals surface area contributed by atoms with E-state index in [0.29, 0.717) is 0 Å². The zero-order chi connectivity index (χ0) is 10.3. The predicted octanol–water partition coefficient (Wildman–Crippen LogP) is 2.40. The molecule has 1 saturated carbocycles. The van der Waals surface area contributed by atoms with Crippen LogP contribution in [0, 0.1) is 13.8 Å². The molecule has 3 heteroatoms. The maximum atomic E-state index is 11.2. The van der Waals surface area contributed by atoms with Crippen molar-refractivity contribution in [1.82, 2.24) is 0 Å². The third-order valence-electron chi connectivity index (χ3n) is 3.17. The number of aliphatic carboxylic acids is 1.